The molecule has 0 radical (unpaired) electrons. The Balaban J connectivity index is 1.46. The Kier molecular flexibility index (Phi) is 4.24. The van der Waals surface area contributed by atoms with Gasteiger partial charge in [-0.25, -0.2) is 0 Å². The number of piperidine rings is 1. The molecule has 6 nitrogen and oxygen atoms in total. The SMILES string of the molecule is CC(C)c1nnc(C2CCN(CC(=O)NC3CC3)CC2)o1. The van der Waals surface area contributed by atoms with Crippen molar-refractivity contribution in [2.75, 3.05) is 19.6 Å². The summed E-state index contributed by atoms with van der Waals surface area (Å²) in [7, 11) is 0. The third-order valence-electron chi connectivity index (χ3n) is 4.20. The lowest BCUT2D eigenvalue weighted by Gasteiger charge is -2.29. The van der Waals surface area contributed by atoms with Crippen LogP contribution >= 0.6 is 0 Å². The zero-order chi connectivity index (χ0) is 14.8. The van der Waals surface area contributed by atoms with Crippen molar-refractivity contribution in [1.29, 1.82) is 0 Å². The predicted octanol–water partition coefficient (Wildman–Crippen LogP) is 1.65. The van der Waals surface area contributed by atoms with Gasteiger partial charge in [0.15, 0.2) is 0 Å². The molecule has 2 aliphatic rings. The highest BCUT2D eigenvalue weighted by Gasteiger charge is 2.28. The summed E-state index contributed by atoms with van der Waals surface area (Å²) in [5, 5.41) is 11.3. The molecular weight excluding hydrogens is 268 g/mol. The zero-order valence-electron chi connectivity index (χ0n) is 12.8. The fourth-order valence-corrected chi connectivity index (χ4v) is 2.69. The Morgan fingerprint density at radius 2 is 2.00 bits per heavy atom. The molecule has 6 heteroatoms. The maximum Gasteiger partial charge on any atom is 0.234 e. The molecule has 0 unspecified atom stereocenters. The van der Waals surface area contributed by atoms with Crippen LogP contribution in [0, 0.1) is 0 Å². The molecule has 0 atom stereocenters. The summed E-state index contributed by atoms with van der Waals surface area (Å²) < 4.78 is 5.74. The van der Waals surface area contributed by atoms with Gasteiger partial charge in [-0.15, -0.1) is 10.2 Å². The quantitative estimate of drug-likeness (QED) is 0.893. The Morgan fingerprint density at radius 1 is 1.29 bits per heavy atom. The van der Waals surface area contributed by atoms with Crippen molar-refractivity contribution in [1.82, 2.24) is 20.4 Å². The van der Waals surface area contributed by atoms with Crippen LogP contribution in [0.4, 0.5) is 0 Å². The molecule has 1 aliphatic carbocycles. The van der Waals surface area contributed by atoms with Gasteiger partial charge in [-0.3, -0.25) is 9.69 Å². The number of amides is 1. The number of hydrogen-bond acceptors (Lipinski definition) is 5. The van der Waals surface area contributed by atoms with Crippen molar-refractivity contribution in [2.45, 2.75) is 57.4 Å². The van der Waals surface area contributed by atoms with E-state index in [0.29, 0.717) is 18.5 Å². The smallest absolute Gasteiger partial charge is 0.234 e. The number of aromatic nitrogens is 2. The van der Waals surface area contributed by atoms with Crippen molar-refractivity contribution < 1.29 is 9.21 Å². The summed E-state index contributed by atoms with van der Waals surface area (Å²) in [4.78, 5) is 14.0. The Hall–Kier alpha value is -1.43. The van der Waals surface area contributed by atoms with E-state index in [1.54, 1.807) is 0 Å². The van der Waals surface area contributed by atoms with Crippen molar-refractivity contribution in [3.8, 4) is 0 Å². The number of likely N-dealkylation sites (tertiary alicyclic amines) is 1. The minimum absolute atomic E-state index is 0.163. The maximum atomic E-state index is 11.8. The maximum absolute atomic E-state index is 11.8. The highest BCUT2D eigenvalue weighted by atomic mass is 16.4. The first kappa shape index (κ1) is 14.5. The van der Waals surface area contributed by atoms with Gasteiger partial charge in [0.1, 0.15) is 0 Å². The Bertz CT molecular complexity index is 488. The fourth-order valence-electron chi connectivity index (χ4n) is 2.69. The lowest BCUT2D eigenvalue weighted by molar-refractivity contribution is -0.122. The largest absolute Gasteiger partial charge is 0.425 e. The van der Waals surface area contributed by atoms with E-state index in [1.807, 2.05) is 0 Å². The third kappa shape index (κ3) is 3.81. The molecule has 1 aromatic heterocycles. The van der Waals surface area contributed by atoms with Crippen molar-refractivity contribution >= 4 is 5.91 Å². The van der Waals surface area contributed by atoms with Crippen LogP contribution in [0.5, 0.6) is 0 Å². The summed E-state index contributed by atoms with van der Waals surface area (Å²) in [5.41, 5.74) is 0. The summed E-state index contributed by atoms with van der Waals surface area (Å²) in [6.45, 7) is 6.46. The van der Waals surface area contributed by atoms with E-state index in [-0.39, 0.29) is 11.8 Å². The number of hydrogen-bond donors (Lipinski definition) is 1. The second-order valence-electron chi connectivity index (χ2n) is 6.53. The average Bonchev–Trinajstić information content (AvgIpc) is 3.12. The molecule has 0 bridgehead atoms. The van der Waals surface area contributed by atoms with E-state index >= 15 is 0 Å². The molecule has 116 valence electrons. The molecule has 2 heterocycles. The van der Waals surface area contributed by atoms with Gasteiger partial charge in [0.2, 0.25) is 17.7 Å². The van der Waals surface area contributed by atoms with E-state index in [4.69, 9.17) is 4.42 Å². The highest BCUT2D eigenvalue weighted by molar-refractivity contribution is 5.78. The van der Waals surface area contributed by atoms with Crippen molar-refractivity contribution in [3.05, 3.63) is 11.8 Å². The van der Waals surface area contributed by atoms with Crippen LogP contribution < -0.4 is 5.32 Å². The van der Waals surface area contributed by atoms with E-state index in [2.05, 4.69) is 34.3 Å². The van der Waals surface area contributed by atoms with E-state index in [0.717, 1.165) is 50.6 Å². The van der Waals surface area contributed by atoms with E-state index in [1.165, 1.54) is 0 Å². The van der Waals surface area contributed by atoms with Gasteiger partial charge >= 0.3 is 0 Å². The van der Waals surface area contributed by atoms with Gasteiger partial charge < -0.3 is 9.73 Å². The second-order valence-corrected chi connectivity index (χ2v) is 6.53. The summed E-state index contributed by atoms with van der Waals surface area (Å²) >= 11 is 0. The van der Waals surface area contributed by atoms with Crippen LogP contribution in [0.15, 0.2) is 4.42 Å². The predicted molar refractivity (Wildman–Crippen MR) is 78.0 cm³/mol. The van der Waals surface area contributed by atoms with Gasteiger partial charge in [-0.2, -0.15) is 0 Å². The Labute approximate surface area is 125 Å². The molecule has 21 heavy (non-hydrogen) atoms. The van der Waals surface area contributed by atoms with Crippen LogP contribution in [0.25, 0.3) is 0 Å². The molecular formula is C15H24N4O2. The molecule has 3 rings (SSSR count). The van der Waals surface area contributed by atoms with Crippen molar-refractivity contribution in [3.63, 3.8) is 0 Å². The number of nitrogens with zero attached hydrogens (tertiary/aromatic N) is 3. The minimum atomic E-state index is 0.163. The lowest BCUT2D eigenvalue weighted by Crippen LogP contribution is -2.41. The lowest BCUT2D eigenvalue weighted by atomic mass is 9.97. The molecule has 1 aromatic rings. The van der Waals surface area contributed by atoms with Gasteiger partial charge in [-0.05, 0) is 38.8 Å². The molecule has 2 fully saturated rings. The van der Waals surface area contributed by atoms with Crippen LogP contribution in [0.3, 0.4) is 0 Å². The molecule has 1 saturated heterocycles. The molecule has 1 amide bonds. The van der Waals surface area contributed by atoms with Crippen LogP contribution in [-0.2, 0) is 4.79 Å². The van der Waals surface area contributed by atoms with Gasteiger partial charge in [0.05, 0.1) is 6.54 Å². The number of carbonyl (C=O) groups is 1. The first-order valence-corrected chi connectivity index (χ1v) is 7.97. The van der Waals surface area contributed by atoms with E-state index in [9.17, 15) is 4.79 Å². The number of rotatable bonds is 5. The first-order chi connectivity index (χ1) is 10.1. The monoisotopic (exact) mass is 292 g/mol. The summed E-state index contributed by atoms with van der Waals surface area (Å²) in [6, 6.07) is 0.447. The molecule has 1 saturated carbocycles. The second kappa shape index (κ2) is 6.13. The third-order valence-corrected chi connectivity index (χ3v) is 4.20. The highest BCUT2D eigenvalue weighted by Crippen LogP contribution is 2.28. The molecule has 0 spiro atoms. The van der Waals surface area contributed by atoms with Crippen molar-refractivity contribution in [2.24, 2.45) is 0 Å². The standard InChI is InChI=1S/C15H24N4O2/c1-10(2)14-17-18-15(21-14)11-5-7-19(8-6-11)9-13(20)16-12-3-4-12/h10-12H,3-9H2,1-2H3,(H,16,20). The van der Waals surface area contributed by atoms with Gasteiger partial charge in [-0.1, -0.05) is 13.8 Å². The van der Waals surface area contributed by atoms with Crippen LogP contribution in [-0.4, -0.2) is 46.7 Å². The molecule has 1 N–H and O–H groups in total. The van der Waals surface area contributed by atoms with E-state index < -0.39 is 0 Å². The number of nitrogens with one attached hydrogen (secondary N) is 1. The van der Waals surface area contributed by atoms with Crippen LogP contribution in [0.1, 0.15) is 63.1 Å². The first-order valence-electron chi connectivity index (χ1n) is 7.97. The normalized spacial score (nSPS) is 20.9. The fraction of sp³-hybridized carbons (Fsp3) is 0.800. The average molecular weight is 292 g/mol. The Morgan fingerprint density at radius 3 is 2.57 bits per heavy atom. The summed E-state index contributed by atoms with van der Waals surface area (Å²) in [6.07, 6.45) is 4.25. The molecule has 1 aliphatic heterocycles. The molecule has 0 aromatic carbocycles. The number of carbonyl (C=O) groups excluding carboxylic acids is 1. The minimum Gasteiger partial charge on any atom is -0.425 e. The van der Waals surface area contributed by atoms with Crippen LogP contribution in [0.2, 0.25) is 0 Å². The topological polar surface area (TPSA) is 71.3 Å². The van der Waals surface area contributed by atoms with Gasteiger partial charge in [0, 0.05) is 17.9 Å². The zero-order valence-corrected chi connectivity index (χ0v) is 12.8. The summed E-state index contributed by atoms with van der Waals surface area (Å²) in [5.74, 6) is 2.26. The van der Waals surface area contributed by atoms with Gasteiger partial charge in [0.25, 0.3) is 0 Å².